The Morgan fingerprint density at radius 3 is 2.59 bits per heavy atom. The third kappa shape index (κ3) is 2.28. The second-order valence-corrected chi connectivity index (χ2v) is 4.79. The molecule has 1 N–H and O–H groups in total. The summed E-state index contributed by atoms with van der Waals surface area (Å²) >= 11 is 0. The SMILES string of the molecule is CCc1nc2ccc(=O)[nH]c2n1-c1ccccc1C(F)(F)F. The summed E-state index contributed by atoms with van der Waals surface area (Å²) in [4.78, 5) is 18.4. The number of nitrogens with zero attached hydrogens (tertiary/aromatic N) is 2. The average Bonchev–Trinajstić information content (AvgIpc) is 2.84. The standard InChI is InChI=1S/C15H12F3N3O/c1-2-12-19-10-7-8-13(22)20-14(10)21(12)11-6-4-3-5-9(11)15(16,17)18/h3-8H,2H2,1H3,(H,20,22). The van der Waals surface area contributed by atoms with Crippen molar-refractivity contribution in [3.63, 3.8) is 0 Å². The molecule has 0 fully saturated rings. The molecule has 114 valence electrons. The third-order valence-electron chi connectivity index (χ3n) is 3.37. The van der Waals surface area contributed by atoms with Crippen molar-refractivity contribution >= 4 is 11.2 Å². The van der Waals surface area contributed by atoms with Crippen LogP contribution in [0, 0.1) is 0 Å². The smallest absolute Gasteiger partial charge is 0.306 e. The van der Waals surface area contributed by atoms with Crippen molar-refractivity contribution < 1.29 is 13.2 Å². The number of halogens is 3. The zero-order chi connectivity index (χ0) is 15.9. The van der Waals surface area contributed by atoms with E-state index >= 15 is 0 Å². The number of hydrogen-bond donors (Lipinski definition) is 1. The van der Waals surface area contributed by atoms with Gasteiger partial charge in [-0.25, -0.2) is 4.98 Å². The predicted molar refractivity (Wildman–Crippen MR) is 76.1 cm³/mol. The summed E-state index contributed by atoms with van der Waals surface area (Å²) in [7, 11) is 0. The number of aromatic amines is 1. The number of alkyl halides is 3. The van der Waals surface area contributed by atoms with Gasteiger partial charge in [-0.1, -0.05) is 19.1 Å². The molecule has 0 saturated carbocycles. The Kier molecular flexibility index (Phi) is 3.27. The highest BCUT2D eigenvalue weighted by molar-refractivity contribution is 5.74. The largest absolute Gasteiger partial charge is 0.418 e. The molecule has 2 aromatic heterocycles. The van der Waals surface area contributed by atoms with Crippen molar-refractivity contribution in [3.8, 4) is 5.69 Å². The summed E-state index contributed by atoms with van der Waals surface area (Å²) in [6.07, 6.45) is -4.06. The van der Waals surface area contributed by atoms with E-state index in [0.29, 0.717) is 17.8 Å². The van der Waals surface area contributed by atoms with Gasteiger partial charge in [0, 0.05) is 12.5 Å². The van der Waals surface area contributed by atoms with Crippen LogP contribution in [-0.4, -0.2) is 14.5 Å². The minimum atomic E-state index is -4.49. The van der Waals surface area contributed by atoms with Crippen molar-refractivity contribution in [2.24, 2.45) is 0 Å². The number of H-pyrrole nitrogens is 1. The summed E-state index contributed by atoms with van der Waals surface area (Å²) in [5, 5.41) is 0. The van der Waals surface area contributed by atoms with Crippen molar-refractivity contribution in [1.82, 2.24) is 14.5 Å². The summed E-state index contributed by atoms with van der Waals surface area (Å²) in [5.74, 6) is 0.452. The highest BCUT2D eigenvalue weighted by atomic mass is 19.4. The molecule has 0 aliphatic carbocycles. The van der Waals surface area contributed by atoms with Gasteiger partial charge in [0.1, 0.15) is 17.0 Å². The topological polar surface area (TPSA) is 50.7 Å². The first-order valence-corrected chi connectivity index (χ1v) is 6.69. The first-order chi connectivity index (χ1) is 10.4. The molecule has 0 aliphatic heterocycles. The molecule has 0 radical (unpaired) electrons. The Morgan fingerprint density at radius 2 is 1.91 bits per heavy atom. The van der Waals surface area contributed by atoms with Crippen LogP contribution < -0.4 is 5.56 Å². The van der Waals surface area contributed by atoms with Crippen LogP contribution in [0.5, 0.6) is 0 Å². The van der Waals surface area contributed by atoms with Crippen molar-refractivity contribution in [3.05, 3.63) is 58.1 Å². The second kappa shape index (κ2) is 5.01. The Morgan fingerprint density at radius 1 is 1.18 bits per heavy atom. The summed E-state index contributed by atoms with van der Waals surface area (Å²) in [5.41, 5.74) is -0.486. The van der Waals surface area contributed by atoms with Crippen LogP contribution >= 0.6 is 0 Å². The Labute approximate surface area is 123 Å². The molecule has 4 nitrogen and oxygen atoms in total. The van der Waals surface area contributed by atoms with Gasteiger partial charge in [0.2, 0.25) is 5.56 Å². The van der Waals surface area contributed by atoms with Gasteiger partial charge in [-0.05, 0) is 18.2 Å². The van der Waals surface area contributed by atoms with E-state index in [1.165, 1.54) is 34.9 Å². The molecule has 0 saturated heterocycles. The van der Waals surface area contributed by atoms with Crippen LogP contribution in [0.4, 0.5) is 13.2 Å². The number of hydrogen-bond acceptors (Lipinski definition) is 2. The van der Waals surface area contributed by atoms with Gasteiger partial charge in [0.05, 0.1) is 11.3 Å². The first kappa shape index (κ1) is 14.4. The minimum absolute atomic E-state index is 0.0452. The number of aryl methyl sites for hydroxylation is 1. The van der Waals surface area contributed by atoms with Crippen LogP contribution in [-0.2, 0) is 12.6 Å². The normalized spacial score (nSPS) is 12.0. The molecule has 1 aromatic carbocycles. The number of fused-ring (bicyclic) bond motifs is 1. The zero-order valence-corrected chi connectivity index (χ0v) is 11.6. The lowest BCUT2D eigenvalue weighted by Gasteiger charge is -2.15. The number of rotatable bonds is 2. The van der Waals surface area contributed by atoms with E-state index < -0.39 is 11.7 Å². The maximum Gasteiger partial charge on any atom is 0.418 e. The lowest BCUT2D eigenvalue weighted by Crippen LogP contribution is -2.13. The number of aromatic nitrogens is 3. The van der Waals surface area contributed by atoms with Crippen molar-refractivity contribution in [1.29, 1.82) is 0 Å². The van der Waals surface area contributed by atoms with Crippen LogP contribution in [0.2, 0.25) is 0 Å². The molecule has 2 heterocycles. The summed E-state index contributed by atoms with van der Waals surface area (Å²) in [6, 6.07) is 8.04. The number of para-hydroxylation sites is 1. The molecular weight excluding hydrogens is 295 g/mol. The fourth-order valence-corrected chi connectivity index (χ4v) is 2.44. The number of pyridine rings is 1. The fourth-order valence-electron chi connectivity index (χ4n) is 2.44. The van der Waals surface area contributed by atoms with Gasteiger partial charge in [0.25, 0.3) is 0 Å². The Hall–Kier alpha value is -2.57. The fraction of sp³-hybridized carbons (Fsp3) is 0.200. The molecule has 0 unspecified atom stereocenters. The molecule has 3 rings (SSSR count). The molecule has 0 atom stereocenters. The van der Waals surface area contributed by atoms with E-state index in [0.717, 1.165) is 6.07 Å². The van der Waals surface area contributed by atoms with Crippen LogP contribution in [0.1, 0.15) is 18.3 Å². The summed E-state index contributed by atoms with van der Waals surface area (Å²) in [6.45, 7) is 1.80. The number of imidazole rings is 1. The highest BCUT2D eigenvalue weighted by Crippen LogP contribution is 2.35. The van der Waals surface area contributed by atoms with Crippen molar-refractivity contribution in [2.75, 3.05) is 0 Å². The van der Waals surface area contributed by atoms with E-state index in [1.807, 2.05) is 0 Å². The molecule has 0 spiro atoms. The minimum Gasteiger partial charge on any atom is -0.306 e. The number of benzene rings is 1. The van der Waals surface area contributed by atoms with Gasteiger partial charge in [-0.3, -0.25) is 9.36 Å². The molecule has 0 amide bonds. The maximum absolute atomic E-state index is 13.2. The molecule has 22 heavy (non-hydrogen) atoms. The average molecular weight is 307 g/mol. The second-order valence-electron chi connectivity index (χ2n) is 4.79. The van der Waals surface area contributed by atoms with E-state index in [2.05, 4.69) is 9.97 Å². The molecular formula is C15H12F3N3O. The van der Waals surface area contributed by atoms with E-state index in [9.17, 15) is 18.0 Å². The predicted octanol–water partition coefficient (Wildman–Crippen LogP) is 3.30. The first-order valence-electron chi connectivity index (χ1n) is 6.69. The maximum atomic E-state index is 13.2. The van der Waals surface area contributed by atoms with E-state index in [-0.39, 0.29) is 16.9 Å². The van der Waals surface area contributed by atoms with Gasteiger partial charge in [0.15, 0.2) is 0 Å². The molecule has 0 bridgehead atoms. The van der Waals surface area contributed by atoms with E-state index in [1.54, 1.807) is 6.92 Å². The lowest BCUT2D eigenvalue weighted by molar-refractivity contribution is -0.137. The molecule has 0 aliphatic rings. The van der Waals surface area contributed by atoms with Gasteiger partial charge in [-0.15, -0.1) is 0 Å². The Balaban J connectivity index is 2.40. The quantitative estimate of drug-likeness (QED) is 0.790. The molecule has 7 heteroatoms. The van der Waals surface area contributed by atoms with Crippen LogP contribution in [0.3, 0.4) is 0 Å². The van der Waals surface area contributed by atoms with Gasteiger partial charge < -0.3 is 4.98 Å². The monoisotopic (exact) mass is 307 g/mol. The summed E-state index contributed by atoms with van der Waals surface area (Å²) < 4.78 is 41.1. The van der Waals surface area contributed by atoms with Crippen LogP contribution in [0.25, 0.3) is 16.9 Å². The van der Waals surface area contributed by atoms with E-state index in [4.69, 9.17) is 0 Å². The van der Waals surface area contributed by atoms with Gasteiger partial charge >= 0.3 is 6.18 Å². The number of nitrogens with one attached hydrogen (secondary N) is 1. The van der Waals surface area contributed by atoms with Crippen molar-refractivity contribution in [2.45, 2.75) is 19.5 Å². The van der Waals surface area contributed by atoms with Crippen LogP contribution in [0.15, 0.2) is 41.2 Å². The zero-order valence-electron chi connectivity index (χ0n) is 11.6. The third-order valence-corrected chi connectivity index (χ3v) is 3.37. The molecule has 3 aromatic rings. The van der Waals surface area contributed by atoms with Gasteiger partial charge in [-0.2, -0.15) is 13.2 Å². The lowest BCUT2D eigenvalue weighted by atomic mass is 10.1. The Bertz CT molecular complexity index is 893. The highest BCUT2D eigenvalue weighted by Gasteiger charge is 2.34.